The second kappa shape index (κ2) is 24.8. The summed E-state index contributed by atoms with van der Waals surface area (Å²) in [6, 6.07) is 48.3. The molecule has 0 saturated carbocycles. The van der Waals surface area contributed by atoms with Crippen LogP contribution in [0.25, 0.3) is 67.4 Å². The van der Waals surface area contributed by atoms with Crippen molar-refractivity contribution in [1.29, 1.82) is 0 Å². The second-order valence-electron chi connectivity index (χ2n) is 19.6. The molecular formula is C72H62N2O. The summed E-state index contributed by atoms with van der Waals surface area (Å²) in [6.07, 6.45) is 21.6. The molecular weight excluding hydrogens is 909 g/mol. The Hall–Kier alpha value is -8.70. The fourth-order valence-electron chi connectivity index (χ4n) is 11.3. The van der Waals surface area contributed by atoms with Gasteiger partial charge in [-0.05, 0) is 193 Å². The molecule has 0 saturated heterocycles. The van der Waals surface area contributed by atoms with Crippen LogP contribution >= 0.6 is 0 Å². The molecule has 0 N–H and O–H groups in total. The van der Waals surface area contributed by atoms with Crippen LogP contribution in [0.4, 0.5) is 0 Å². The van der Waals surface area contributed by atoms with E-state index in [4.69, 9.17) is 4.42 Å². The summed E-state index contributed by atoms with van der Waals surface area (Å²) >= 11 is 0. The highest BCUT2D eigenvalue weighted by atomic mass is 16.4. The monoisotopic (exact) mass is 970 g/mol. The topological polar surface area (TPSA) is 38.9 Å². The van der Waals surface area contributed by atoms with E-state index in [9.17, 15) is 0 Å². The molecule has 9 rings (SSSR count). The van der Waals surface area contributed by atoms with Crippen LogP contribution in [0.1, 0.15) is 126 Å². The zero-order valence-electron chi connectivity index (χ0n) is 43.5. The summed E-state index contributed by atoms with van der Waals surface area (Å²) in [4.78, 5) is 0. The van der Waals surface area contributed by atoms with Crippen LogP contribution in [-0.4, -0.2) is 10.2 Å². The van der Waals surface area contributed by atoms with Gasteiger partial charge in [-0.25, -0.2) is 0 Å². The zero-order valence-corrected chi connectivity index (χ0v) is 43.5. The molecule has 3 nitrogen and oxygen atoms in total. The number of hydrogen-bond acceptors (Lipinski definition) is 3. The molecule has 3 heteroatoms. The van der Waals surface area contributed by atoms with Crippen LogP contribution in [0.2, 0.25) is 0 Å². The van der Waals surface area contributed by atoms with Crippen LogP contribution in [-0.2, 0) is 10.8 Å². The molecule has 2 aliphatic carbocycles. The van der Waals surface area contributed by atoms with E-state index in [2.05, 4.69) is 209 Å². The lowest BCUT2D eigenvalue weighted by molar-refractivity contribution is 0.398. The van der Waals surface area contributed by atoms with Gasteiger partial charge in [0, 0.05) is 16.5 Å². The molecule has 0 aliphatic heterocycles. The minimum Gasteiger partial charge on any atom is -0.416 e. The standard InChI is InChI=1S/C72H62N2O/c1-5-9-13-17-21-32-46-71(47-33-22-18-14-10-6-2)65-40-30-28-38-61(65)63-44-42-56(53-67(63)71)58-50-59(52-60(51-58)70-74-73-69(75-70)55-36-26-25-27-37-55)57-43-45-64-62-39-29-31-41-66(62)72(68(64)54-57,48-34-23-19-15-11-7-3)49-35-24-20-16-12-8-4/h25-31,36-47,50-54H,1-2,7-8,11-12,15-16,19-20,23-24,34-35,48-49H2,3-4H3. The maximum atomic E-state index is 6.55. The van der Waals surface area contributed by atoms with Crippen LogP contribution in [0.15, 0.2) is 232 Å². The van der Waals surface area contributed by atoms with Crippen molar-refractivity contribution < 1.29 is 4.42 Å². The van der Waals surface area contributed by atoms with Crippen molar-refractivity contribution in [3.8, 4) is 67.4 Å². The summed E-state index contributed by atoms with van der Waals surface area (Å²) < 4.78 is 6.55. The molecule has 1 heterocycles. The van der Waals surface area contributed by atoms with Crippen molar-refractivity contribution in [2.45, 2.75) is 115 Å². The van der Waals surface area contributed by atoms with E-state index in [-0.39, 0.29) is 5.41 Å². The van der Waals surface area contributed by atoms with Gasteiger partial charge in [-0.3, -0.25) is 0 Å². The minimum atomic E-state index is -0.830. The van der Waals surface area contributed by atoms with E-state index in [1.165, 1.54) is 99.3 Å². The van der Waals surface area contributed by atoms with Crippen LogP contribution in [0, 0.1) is 0 Å². The summed E-state index contributed by atoms with van der Waals surface area (Å²) in [5.41, 5.74) is 49.3. The first-order chi connectivity index (χ1) is 37.0. The molecule has 1 aromatic heterocycles. The van der Waals surface area contributed by atoms with Gasteiger partial charge in [-0.1, -0.05) is 205 Å². The Bertz CT molecular complexity index is 3640. The Morgan fingerprint density at radius 1 is 0.400 bits per heavy atom. The number of allylic oxidation sites excluding steroid dienone is 2. The van der Waals surface area contributed by atoms with E-state index in [0.717, 1.165) is 68.5 Å². The van der Waals surface area contributed by atoms with Gasteiger partial charge in [0.1, 0.15) is 0 Å². The molecule has 6 aromatic carbocycles. The first-order valence-corrected chi connectivity index (χ1v) is 26.8. The number of unbranched alkanes of at least 4 members (excludes halogenated alkanes) is 10. The molecule has 0 amide bonds. The Balaban J connectivity index is 1.23. The average molecular weight is 971 g/mol. The number of rotatable bonds is 20. The highest BCUT2D eigenvalue weighted by Gasteiger charge is 2.43. The molecule has 0 atom stereocenters. The lowest BCUT2D eigenvalue weighted by atomic mass is 9.70. The van der Waals surface area contributed by atoms with E-state index >= 15 is 0 Å². The zero-order chi connectivity index (χ0) is 51.7. The highest BCUT2D eigenvalue weighted by Crippen LogP contribution is 2.56. The Kier molecular flexibility index (Phi) is 16.9. The summed E-state index contributed by atoms with van der Waals surface area (Å²) in [5.74, 6) is 0.928. The Morgan fingerprint density at radius 3 is 1.44 bits per heavy atom. The van der Waals surface area contributed by atoms with Crippen molar-refractivity contribution >= 4 is 0 Å². The van der Waals surface area contributed by atoms with Gasteiger partial charge in [0.15, 0.2) is 0 Å². The van der Waals surface area contributed by atoms with Crippen LogP contribution < -0.4 is 0 Å². The highest BCUT2D eigenvalue weighted by molar-refractivity contribution is 5.89. The predicted molar refractivity (Wildman–Crippen MR) is 307 cm³/mol. The number of nitrogens with zero attached hydrogens (tertiary/aromatic N) is 2. The molecule has 0 radical (unpaired) electrons. The number of aromatic nitrogens is 2. The van der Waals surface area contributed by atoms with Crippen molar-refractivity contribution in [3.05, 3.63) is 250 Å². The fourth-order valence-corrected chi connectivity index (χ4v) is 11.3. The lowest BCUT2D eigenvalue weighted by Crippen LogP contribution is -2.25. The molecule has 0 spiro atoms. The van der Waals surface area contributed by atoms with E-state index in [1.807, 2.05) is 42.5 Å². The van der Waals surface area contributed by atoms with Gasteiger partial charge < -0.3 is 4.42 Å². The number of benzene rings is 6. The smallest absolute Gasteiger partial charge is 0.248 e. The van der Waals surface area contributed by atoms with E-state index in [0.29, 0.717) is 11.8 Å². The Labute approximate surface area is 444 Å². The second-order valence-corrected chi connectivity index (χ2v) is 19.6. The van der Waals surface area contributed by atoms with Crippen LogP contribution in [0.5, 0.6) is 0 Å². The minimum absolute atomic E-state index is 0.0650. The van der Waals surface area contributed by atoms with Gasteiger partial charge in [-0.2, -0.15) is 0 Å². The van der Waals surface area contributed by atoms with E-state index < -0.39 is 5.41 Å². The summed E-state index contributed by atoms with van der Waals surface area (Å²) in [5, 5.41) is 9.25. The third-order valence-corrected chi connectivity index (χ3v) is 14.9. The average Bonchev–Trinajstić information content (AvgIpc) is 4.19. The van der Waals surface area contributed by atoms with Gasteiger partial charge in [0.25, 0.3) is 0 Å². The summed E-state index contributed by atoms with van der Waals surface area (Å²) in [7, 11) is 0. The maximum absolute atomic E-state index is 6.55. The molecule has 0 bridgehead atoms. The molecule has 2 aliphatic rings. The predicted octanol–water partition coefficient (Wildman–Crippen LogP) is 19.0. The SMILES string of the molecule is C=C=C=C=C=C=C=CC1(C=C=C=C=C=C=C=C)c2ccccc2-c2ccc(-c3cc(-c4ccc5c(c4)C(CCCCCCCC)(CCCCCCCC)c4ccccc4-5)cc(-c4nnc(-c5ccccc5)o4)c3)cc21. The maximum Gasteiger partial charge on any atom is 0.248 e. The largest absolute Gasteiger partial charge is 0.416 e. The number of hydrogen-bond donors (Lipinski definition) is 0. The van der Waals surface area contributed by atoms with Crippen molar-refractivity contribution in [3.63, 3.8) is 0 Å². The van der Waals surface area contributed by atoms with Gasteiger partial charge in [0.2, 0.25) is 11.8 Å². The van der Waals surface area contributed by atoms with Crippen molar-refractivity contribution in [1.82, 2.24) is 10.2 Å². The van der Waals surface area contributed by atoms with Crippen LogP contribution in [0.3, 0.4) is 0 Å². The summed E-state index contributed by atoms with van der Waals surface area (Å²) in [6.45, 7) is 11.7. The Morgan fingerprint density at radius 2 is 0.853 bits per heavy atom. The molecule has 0 fully saturated rings. The van der Waals surface area contributed by atoms with Gasteiger partial charge >= 0.3 is 0 Å². The van der Waals surface area contributed by atoms with Crippen molar-refractivity contribution in [2.75, 3.05) is 0 Å². The first kappa shape index (κ1) is 51.2. The fraction of sp³-hybridized carbons (Fsp3) is 0.250. The molecule has 0 unspecified atom stereocenters. The quantitative estimate of drug-likeness (QED) is 0.0564. The lowest BCUT2D eigenvalue weighted by Gasteiger charge is -2.33. The third kappa shape index (κ3) is 11.3. The van der Waals surface area contributed by atoms with E-state index in [1.54, 1.807) is 0 Å². The molecule has 366 valence electrons. The molecule has 75 heavy (non-hydrogen) atoms. The van der Waals surface area contributed by atoms with Gasteiger partial charge in [-0.15, -0.1) is 10.2 Å². The van der Waals surface area contributed by atoms with Gasteiger partial charge in [0.05, 0.1) is 5.41 Å². The first-order valence-electron chi connectivity index (χ1n) is 26.8. The molecule has 7 aromatic rings. The number of fused-ring (bicyclic) bond motifs is 6. The normalized spacial score (nSPS) is 13.6. The third-order valence-electron chi connectivity index (χ3n) is 14.9. The van der Waals surface area contributed by atoms with Crippen molar-refractivity contribution in [2.24, 2.45) is 0 Å².